The van der Waals surface area contributed by atoms with E-state index in [-0.39, 0.29) is 17.8 Å². The van der Waals surface area contributed by atoms with Crippen molar-refractivity contribution in [3.05, 3.63) is 51.7 Å². The van der Waals surface area contributed by atoms with Crippen molar-refractivity contribution in [1.29, 1.82) is 0 Å². The largest absolute Gasteiger partial charge is 0.334 e. The number of likely N-dealkylation sites (tertiary alicyclic amines) is 2. The van der Waals surface area contributed by atoms with E-state index in [0.717, 1.165) is 42.9 Å². The van der Waals surface area contributed by atoms with Crippen molar-refractivity contribution < 1.29 is 9.18 Å². The van der Waals surface area contributed by atoms with E-state index in [1.807, 2.05) is 18.0 Å². The van der Waals surface area contributed by atoms with E-state index in [9.17, 15) is 9.18 Å². The molecule has 6 heteroatoms. The van der Waals surface area contributed by atoms with Gasteiger partial charge in [0.15, 0.2) is 0 Å². The second kappa shape index (κ2) is 7.45. The maximum Gasteiger partial charge on any atom is 0.223 e. The lowest BCUT2D eigenvalue weighted by atomic mass is 10.0. The van der Waals surface area contributed by atoms with E-state index in [1.54, 1.807) is 23.5 Å². The second-order valence-electron chi connectivity index (χ2n) is 7.28. The fraction of sp³-hybridized carbons (Fsp3) is 0.500. The predicted octanol–water partition coefficient (Wildman–Crippen LogP) is 3.75. The first-order valence-electron chi connectivity index (χ1n) is 9.29. The summed E-state index contributed by atoms with van der Waals surface area (Å²) >= 11 is 1.76. The highest BCUT2D eigenvalue weighted by Gasteiger charge is 2.41. The van der Waals surface area contributed by atoms with Crippen LogP contribution in [0.2, 0.25) is 0 Å². The normalized spacial score (nSPS) is 23.9. The van der Waals surface area contributed by atoms with Gasteiger partial charge in [-0.05, 0) is 43.9 Å². The van der Waals surface area contributed by atoms with Crippen molar-refractivity contribution in [2.75, 3.05) is 6.54 Å². The van der Waals surface area contributed by atoms with Crippen LogP contribution >= 0.6 is 11.3 Å². The number of benzene rings is 1. The third-order valence-corrected chi connectivity index (χ3v) is 6.43. The zero-order valence-electron chi connectivity index (χ0n) is 15.0. The molecule has 26 heavy (non-hydrogen) atoms. The number of nitrogens with zero attached hydrogens (tertiary/aromatic N) is 3. The second-order valence-corrected chi connectivity index (χ2v) is 8.60. The molecule has 0 spiro atoms. The Balaban J connectivity index is 1.51. The van der Waals surface area contributed by atoms with Crippen LogP contribution in [0.15, 0.2) is 30.5 Å². The van der Waals surface area contributed by atoms with Gasteiger partial charge in [-0.2, -0.15) is 0 Å². The van der Waals surface area contributed by atoms with Gasteiger partial charge < -0.3 is 4.90 Å². The number of aryl methyl sites for hydroxylation is 1. The molecule has 0 N–H and O–H groups in total. The summed E-state index contributed by atoms with van der Waals surface area (Å²) in [4.78, 5) is 23.0. The van der Waals surface area contributed by atoms with Gasteiger partial charge in [-0.3, -0.25) is 9.69 Å². The Morgan fingerprint density at radius 1 is 1.19 bits per heavy atom. The van der Waals surface area contributed by atoms with Crippen molar-refractivity contribution in [2.45, 2.75) is 57.8 Å². The van der Waals surface area contributed by atoms with Crippen LogP contribution in [-0.4, -0.2) is 39.3 Å². The molecule has 2 atom stereocenters. The van der Waals surface area contributed by atoms with E-state index < -0.39 is 0 Å². The number of carbonyl (C=O) groups excluding carboxylic acids is 1. The summed E-state index contributed by atoms with van der Waals surface area (Å²) in [7, 11) is 0. The molecular weight excluding hydrogens is 349 g/mol. The van der Waals surface area contributed by atoms with Crippen LogP contribution in [0.3, 0.4) is 0 Å². The third-order valence-electron chi connectivity index (χ3n) is 5.53. The molecule has 1 aromatic carbocycles. The molecule has 0 unspecified atom stereocenters. The fourth-order valence-electron chi connectivity index (χ4n) is 4.30. The maximum atomic E-state index is 13.2. The van der Waals surface area contributed by atoms with Crippen LogP contribution in [0, 0.1) is 12.7 Å². The molecule has 0 saturated carbocycles. The van der Waals surface area contributed by atoms with Crippen LogP contribution in [0.4, 0.5) is 4.39 Å². The van der Waals surface area contributed by atoms with Gasteiger partial charge in [0, 0.05) is 49.2 Å². The van der Waals surface area contributed by atoms with Gasteiger partial charge in [0.05, 0.1) is 5.01 Å². The third kappa shape index (κ3) is 3.67. The van der Waals surface area contributed by atoms with Gasteiger partial charge in [-0.15, -0.1) is 11.3 Å². The molecule has 3 heterocycles. The predicted molar refractivity (Wildman–Crippen MR) is 100 cm³/mol. The number of fused-ring (bicyclic) bond motifs is 1. The lowest BCUT2D eigenvalue weighted by molar-refractivity contribution is -0.133. The Kier molecular flexibility index (Phi) is 5.05. The molecule has 0 radical (unpaired) electrons. The monoisotopic (exact) mass is 373 g/mol. The molecule has 2 aromatic rings. The minimum Gasteiger partial charge on any atom is -0.334 e. The van der Waals surface area contributed by atoms with Crippen LogP contribution < -0.4 is 0 Å². The topological polar surface area (TPSA) is 36.4 Å². The van der Waals surface area contributed by atoms with Crippen LogP contribution in [0.25, 0.3) is 0 Å². The average Bonchev–Trinajstić information content (AvgIpc) is 3.17. The van der Waals surface area contributed by atoms with E-state index >= 15 is 0 Å². The zero-order valence-corrected chi connectivity index (χ0v) is 15.8. The molecule has 4 nitrogen and oxygen atoms in total. The number of thiazole rings is 1. The first-order valence-corrected chi connectivity index (χ1v) is 10.1. The summed E-state index contributed by atoms with van der Waals surface area (Å²) in [6.07, 6.45) is 5.61. The van der Waals surface area contributed by atoms with Crippen molar-refractivity contribution in [2.24, 2.45) is 0 Å². The minimum absolute atomic E-state index is 0.234. The fourth-order valence-corrected chi connectivity index (χ4v) is 5.12. The molecule has 138 valence electrons. The van der Waals surface area contributed by atoms with Gasteiger partial charge >= 0.3 is 0 Å². The number of halogens is 1. The standard InChI is InChI=1S/C20H24FN3OS/c1-14-22-11-17(26-14)13-23-10-9-19-18(23)3-2-4-20(25)24(19)12-15-5-7-16(21)8-6-15/h5-8,11,18-19H,2-4,9-10,12-13H2,1H3/t18-,19-/m1/s1. The van der Waals surface area contributed by atoms with E-state index in [4.69, 9.17) is 0 Å². The molecule has 4 rings (SSSR count). The Labute approximate surface area is 157 Å². The number of rotatable bonds is 4. The number of amides is 1. The Hall–Kier alpha value is -1.79. The highest BCUT2D eigenvalue weighted by molar-refractivity contribution is 7.11. The molecule has 2 fully saturated rings. The summed E-state index contributed by atoms with van der Waals surface area (Å²) in [5.41, 5.74) is 0.997. The summed E-state index contributed by atoms with van der Waals surface area (Å²) in [5.74, 6) is -0.00183. The zero-order chi connectivity index (χ0) is 18.1. The maximum absolute atomic E-state index is 13.2. The van der Waals surface area contributed by atoms with Crippen molar-refractivity contribution in [1.82, 2.24) is 14.8 Å². The average molecular weight is 373 g/mol. The number of aromatic nitrogens is 1. The number of hydrogen-bond donors (Lipinski definition) is 0. The quantitative estimate of drug-likeness (QED) is 0.819. The number of hydrogen-bond acceptors (Lipinski definition) is 4. The lowest BCUT2D eigenvalue weighted by Crippen LogP contribution is -2.45. The molecule has 1 amide bonds. The molecule has 2 aliphatic rings. The van der Waals surface area contributed by atoms with Crippen molar-refractivity contribution >= 4 is 17.2 Å². The Morgan fingerprint density at radius 3 is 2.73 bits per heavy atom. The van der Waals surface area contributed by atoms with E-state index in [2.05, 4.69) is 9.88 Å². The van der Waals surface area contributed by atoms with Crippen molar-refractivity contribution in [3.8, 4) is 0 Å². The van der Waals surface area contributed by atoms with Crippen LogP contribution in [-0.2, 0) is 17.9 Å². The molecular formula is C20H24FN3OS. The Bertz CT molecular complexity index is 776. The van der Waals surface area contributed by atoms with E-state index in [0.29, 0.717) is 19.0 Å². The van der Waals surface area contributed by atoms with Gasteiger partial charge in [0.1, 0.15) is 5.82 Å². The van der Waals surface area contributed by atoms with Crippen molar-refractivity contribution in [3.63, 3.8) is 0 Å². The SMILES string of the molecule is Cc1ncc(CN2CC[C@@H]3[C@H]2CCCC(=O)N3Cc2ccc(F)cc2)s1. The van der Waals surface area contributed by atoms with Gasteiger partial charge in [0.25, 0.3) is 0 Å². The first-order chi connectivity index (χ1) is 12.6. The molecule has 2 aliphatic heterocycles. The molecule has 0 bridgehead atoms. The van der Waals surface area contributed by atoms with Gasteiger partial charge in [-0.1, -0.05) is 12.1 Å². The Morgan fingerprint density at radius 2 is 2.00 bits per heavy atom. The minimum atomic E-state index is -0.235. The molecule has 2 saturated heterocycles. The highest BCUT2D eigenvalue weighted by atomic mass is 32.1. The summed E-state index contributed by atoms with van der Waals surface area (Å²) < 4.78 is 13.2. The smallest absolute Gasteiger partial charge is 0.223 e. The van der Waals surface area contributed by atoms with Gasteiger partial charge in [-0.25, -0.2) is 9.37 Å². The lowest BCUT2D eigenvalue weighted by Gasteiger charge is -2.33. The number of carbonyl (C=O) groups is 1. The summed E-state index contributed by atoms with van der Waals surface area (Å²) in [5, 5.41) is 1.10. The first kappa shape index (κ1) is 17.6. The van der Waals surface area contributed by atoms with Gasteiger partial charge in [0.2, 0.25) is 5.91 Å². The summed E-state index contributed by atoms with van der Waals surface area (Å²) in [6, 6.07) is 7.18. The van der Waals surface area contributed by atoms with E-state index in [1.165, 1.54) is 17.0 Å². The highest BCUT2D eigenvalue weighted by Crippen LogP contribution is 2.33. The molecule has 0 aliphatic carbocycles. The summed E-state index contributed by atoms with van der Waals surface area (Å²) in [6.45, 7) is 4.55. The van der Waals surface area contributed by atoms with Crippen LogP contribution in [0.1, 0.15) is 41.1 Å². The van der Waals surface area contributed by atoms with Crippen LogP contribution in [0.5, 0.6) is 0 Å². The molecule has 1 aromatic heterocycles.